The Balaban J connectivity index is 2.87. The lowest BCUT2D eigenvalue weighted by molar-refractivity contribution is 0.632. The molecule has 0 radical (unpaired) electrons. The fraction of sp³-hybridized carbons (Fsp3) is 0.571. The molecule has 16 heavy (non-hydrogen) atoms. The maximum absolute atomic E-state index is 6.21. The highest BCUT2D eigenvalue weighted by Gasteiger charge is 2.20. The first-order chi connectivity index (χ1) is 7.54. The van der Waals surface area contributed by atoms with Crippen LogP contribution in [-0.2, 0) is 0 Å². The van der Waals surface area contributed by atoms with Crippen LogP contribution in [0.3, 0.4) is 0 Å². The van der Waals surface area contributed by atoms with Gasteiger partial charge >= 0.3 is 0 Å². The summed E-state index contributed by atoms with van der Waals surface area (Å²) in [5.74, 6) is 0. The van der Waals surface area contributed by atoms with Crippen molar-refractivity contribution >= 4 is 11.8 Å². The Bertz CT molecular complexity index is 305. The predicted octanol–water partition coefficient (Wildman–Crippen LogP) is 3.92. The van der Waals surface area contributed by atoms with Crippen LogP contribution in [0.4, 0.5) is 0 Å². The van der Waals surface area contributed by atoms with E-state index < -0.39 is 0 Å². The molecule has 1 aromatic carbocycles. The van der Waals surface area contributed by atoms with E-state index in [1.165, 1.54) is 11.1 Å². The molecule has 1 rings (SSSR count). The molecule has 0 aliphatic rings. The summed E-state index contributed by atoms with van der Waals surface area (Å²) in [5.41, 5.74) is 8.88. The molecule has 0 aromatic heterocycles. The van der Waals surface area contributed by atoms with E-state index in [1.807, 2.05) is 11.8 Å². The average molecular weight is 237 g/mol. The van der Waals surface area contributed by atoms with Crippen molar-refractivity contribution in [1.29, 1.82) is 0 Å². The summed E-state index contributed by atoms with van der Waals surface area (Å²) in [6, 6.07) is 9.02. The Morgan fingerprint density at radius 3 is 2.19 bits per heavy atom. The highest BCUT2D eigenvalue weighted by Crippen LogP contribution is 2.35. The fourth-order valence-corrected chi connectivity index (χ4v) is 2.99. The van der Waals surface area contributed by atoms with E-state index >= 15 is 0 Å². The minimum atomic E-state index is 0.245. The third-order valence-corrected chi connectivity index (χ3v) is 4.14. The molecule has 0 spiro atoms. The first-order valence-electron chi connectivity index (χ1n) is 6.02. The summed E-state index contributed by atoms with van der Waals surface area (Å²) < 4.78 is 0. The van der Waals surface area contributed by atoms with E-state index in [-0.39, 0.29) is 6.04 Å². The lowest BCUT2D eigenvalue weighted by Crippen LogP contribution is -2.26. The van der Waals surface area contributed by atoms with Gasteiger partial charge in [-0.1, -0.05) is 50.6 Å². The van der Waals surface area contributed by atoms with E-state index in [1.54, 1.807) is 0 Å². The van der Waals surface area contributed by atoms with Crippen molar-refractivity contribution in [3.05, 3.63) is 35.4 Å². The zero-order valence-electron chi connectivity index (χ0n) is 10.7. The smallest absolute Gasteiger partial charge is 0.0450 e. The van der Waals surface area contributed by atoms with Gasteiger partial charge in [0, 0.05) is 11.3 Å². The lowest BCUT2D eigenvalue weighted by Gasteiger charge is -2.24. The third-order valence-electron chi connectivity index (χ3n) is 2.68. The molecule has 0 fully saturated rings. The van der Waals surface area contributed by atoms with Crippen LogP contribution in [0.2, 0.25) is 0 Å². The molecule has 0 saturated heterocycles. The van der Waals surface area contributed by atoms with Crippen molar-refractivity contribution in [3.63, 3.8) is 0 Å². The summed E-state index contributed by atoms with van der Waals surface area (Å²) in [6.07, 6.45) is 1.03. The number of thioether (sulfide) groups is 1. The van der Waals surface area contributed by atoms with Crippen molar-refractivity contribution in [1.82, 2.24) is 0 Å². The van der Waals surface area contributed by atoms with E-state index in [0.29, 0.717) is 10.5 Å². The molecular formula is C14H23NS. The molecule has 2 atom stereocenters. The topological polar surface area (TPSA) is 26.0 Å². The van der Waals surface area contributed by atoms with Gasteiger partial charge < -0.3 is 5.73 Å². The Hall–Kier alpha value is -0.470. The summed E-state index contributed by atoms with van der Waals surface area (Å²) in [6.45, 7) is 8.74. The van der Waals surface area contributed by atoms with Crippen LogP contribution in [0.15, 0.2) is 24.3 Å². The number of rotatable bonds is 5. The normalized spacial score (nSPS) is 15.1. The van der Waals surface area contributed by atoms with Gasteiger partial charge in [0.15, 0.2) is 0 Å². The zero-order chi connectivity index (χ0) is 12.1. The van der Waals surface area contributed by atoms with Gasteiger partial charge in [0.25, 0.3) is 0 Å². The number of nitrogens with two attached hydrogens (primary N) is 1. The monoisotopic (exact) mass is 237 g/mol. The van der Waals surface area contributed by atoms with E-state index in [9.17, 15) is 0 Å². The van der Waals surface area contributed by atoms with Crippen LogP contribution in [0.1, 0.15) is 43.6 Å². The molecule has 0 aliphatic carbocycles. The average Bonchev–Trinajstić information content (AvgIpc) is 2.26. The van der Waals surface area contributed by atoms with Crippen molar-refractivity contribution < 1.29 is 0 Å². The maximum atomic E-state index is 6.21. The largest absolute Gasteiger partial charge is 0.326 e. The van der Waals surface area contributed by atoms with Crippen LogP contribution in [0, 0.1) is 6.92 Å². The van der Waals surface area contributed by atoms with Gasteiger partial charge in [-0.2, -0.15) is 0 Å². The van der Waals surface area contributed by atoms with Crippen LogP contribution in [0.25, 0.3) is 0 Å². The Morgan fingerprint density at radius 2 is 1.75 bits per heavy atom. The van der Waals surface area contributed by atoms with Crippen LogP contribution in [0.5, 0.6) is 0 Å². The second-order valence-electron chi connectivity index (χ2n) is 4.59. The summed E-state index contributed by atoms with van der Waals surface area (Å²) in [7, 11) is 0. The van der Waals surface area contributed by atoms with Crippen molar-refractivity contribution in [2.24, 2.45) is 5.73 Å². The lowest BCUT2D eigenvalue weighted by atomic mass is 10.0. The second-order valence-corrected chi connectivity index (χ2v) is 6.31. The van der Waals surface area contributed by atoms with Crippen molar-refractivity contribution in [3.8, 4) is 0 Å². The number of hydrogen-bond acceptors (Lipinski definition) is 2. The van der Waals surface area contributed by atoms with Gasteiger partial charge in [-0.15, -0.1) is 11.8 Å². The van der Waals surface area contributed by atoms with E-state index in [0.717, 1.165) is 6.42 Å². The molecule has 1 nitrogen and oxygen atoms in total. The first-order valence-corrected chi connectivity index (χ1v) is 6.96. The number of benzene rings is 1. The van der Waals surface area contributed by atoms with Gasteiger partial charge in [-0.05, 0) is 24.2 Å². The second kappa shape index (κ2) is 6.31. The van der Waals surface area contributed by atoms with Gasteiger partial charge in [0.2, 0.25) is 0 Å². The quantitative estimate of drug-likeness (QED) is 0.840. The van der Waals surface area contributed by atoms with Crippen molar-refractivity contribution in [2.45, 2.75) is 50.7 Å². The standard InChI is InChI=1S/C14H23NS/c1-5-13(15)14(16-10(2)3)12-8-6-11(4)7-9-12/h6-10,13-14H,5,15H2,1-4H3. The fourth-order valence-electron chi connectivity index (χ4n) is 1.69. The molecular weight excluding hydrogens is 214 g/mol. The molecule has 0 heterocycles. The summed E-state index contributed by atoms with van der Waals surface area (Å²) in [4.78, 5) is 0. The highest BCUT2D eigenvalue weighted by atomic mass is 32.2. The maximum Gasteiger partial charge on any atom is 0.0450 e. The zero-order valence-corrected chi connectivity index (χ0v) is 11.6. The highest BCUT2D eigenvalue weighted by molar-refractivity contribution is 8.00. The number of aryl methyl sites for hydroxylation is 1. The Labute approximate surface area is 104 Å². The molecule has 0 amide bonds. The van der Waals surface area contributed by atoms with Gasteiger partial charge in [-0.25, -0.2) is 0 Å². The minimum Gasteiger partial charge on any atom is -0.326 e. The molecule has 0 saturated carbocycles. The van der Waals surface area contributed by atoms with Gasteiger partial charge in [-0.3, -0.25) is 0 Å². The van der Waals surface area contributed by atoms with Gasteiger partial charge in [0.1, 0.15) is 0 Å². The molecule has 0 aliphatic heterocycles. The van der Waals surface area contributed by atoms with Crippen molar-refractivity contribution in [2.75, 3.05) is 0 Å². The van der Waals surface area contributed by atoms with Gasteiger partial charge in [0.05, 0.1) is 0 Å². The minimum absolute atomic E-state index is 0.245. The van der Waals surface area contributed by atoms with E-state index in [2.05, 4.69) is 52.0 Å². The Kier molecular flexibility index (Phi) is 5.36. The molecule has 2 heteroatoms. The SMILES string of the molecule is CCC(N)C(SC(C)C)c1ccc(C)cc1. The molecule has 2 unspecified atom stereocenters. The number of hydrogen-bond donors (Lipinski definition) is 1. The third kappa shape index (κ3) is 3.84. The Morgan fingerprint density at radius 1 is 1.19 bits per heavy atom. The molecule has 0 bridgehead atoms. The molecule has 2 N–H and O–H groups in total. The molecule has 90 valence electrons. The van der Waals surface area contributed by atoms with E-state index in [4.69, 9.17) is 5.73 Å². The summed E-state index contributed by atoms with van der Waals surface area (Å²) in [5, 5.41) is 1.04. The summed E-state index contributed by atoms with van der Waals surface area (Å²) >= 11 is 1.97. The predicted molar refractivity (Wildman–Crippen MR) is 74.9 cm³/mol. The van der Waals surface area contributed by atoms with Crippen LogP contribution >= 0.6 is 11.8 Å². The van der Waals surface area contributed by atoms with Crippen LogP contribution < -0.4 is 5.73 Å². The van der Waals surface area contributed by atoms with Crippen LogP contribution in [-0.4, -0.2) is 11.3 Å². The first kappa shape index (κ1) is 13.6. The molecule has 1 aromatic rings.